The van der Waals surface area contributed by atoms with Gasteiger partial charge >= 0.3 is 0 Å². The van der Waals surface area contributed by atoms with Gasteiger partial charge in [0, 0.05) is 36.7 Å². The van der Waals surface area contributed by atoms with Crippen LogP contribution in [0, 0.1) is 0 Å². The molecule has 2 rings (SSSR count). The van der Waals surface area contributed by atoms with Gasteiger partial charge in [0.25, 0.3) is 0 Å². The second-order valence-electron chi connectivity index (χ2n) is 3.87. The maximum atomic E-state index is 4.31. The van der Waals surface area contributed by atoms with Crippen molar-refractivity contribution in [1.29, 1.82) is 0 Å². The van der Waals surface area contributed by atoms with Gasteiger partial charge in [-0.05, 0) is 19.1 Å². The quantitative estimate of drug-likeness (QED) is 0.853. The molecule has 0 aliphatic carbocycles. The first-order valence-corrected chi connectivity index (χ1v) is 5.59. The fourth-order valence-corrected chi connectivity index (χ4v) is 1.58. The van der Waals surface area contributed by atoms with Crippen molar-refractivity contribution in [3.05, 3.63) is 54.6 Å². The largest absolute Gasteiger partial charge is 0.305 e. The highest BCUT2D eigenvalue weighted by Gasteiger charge is 2.05. The molecule has 4 nitrogen and oxygen atoms in total. The zero-order valence-electron chi connectivity index (χ0n) is 9.87. The molecular weight excluding hydrogens is 212 g/mol. The van der Waals surface area contributed by atoms with Crippen molar-refractivity contribution >= 4 is 6.20 Å². The van der Waals surface area contributed by atoms with Crippen LogP contribution in [0.25, 0.3) is 6.20 Å². The van der Waals surface area contributed by atoms with E-state index in [0.29, 0.717) is 0 Å². The number of nitrogens with zero attached hydrogens (tertiary/aromatic N) is 3. The topological polar surface area (TPSA) is 42.7 Å². The van der Waals surface area contributed by atoms with Gasteiger partial charge < -0.3 is 5.32 Å². The first-order chi connectivity index (χ1) is 8.29. The first-order valence-electron chi connectivity index (χ1n) is 5.59. The second-order valence-corrected chi connectivity index (χ2v) is 3.87. The highest BCUT2D eigenvalue weighted by atomic mass is 15.2. The van der Waals surface area contributed by atoms with Crippen molar-refractivity contribution in [2.24, 2.45) is 0 Å². The molecule has 0 spiro atoms. The van der Waals surface area contributed by atoms with Crippen molar-refractivity contribution < 1.29 is 0 Å². The smallest absolute Gasteiger partial charge is 0.0570 e. The van der Waals surface area contributed by atoms with Crippen LogP contribution < -0.4 is 5.32 Å². The van der Waals surface area contributed by atoms with Crippen molar-refractivity contribution in [2.75, 3.05) is 0 Å². The molecule has 0 unspecified atom stereocenters. The number of aromatic nitrogens is 3. The normalized spacial score (nSPS) is 12.3. The number of nitrogens with one attached hydrogen (secondary N) is 1. The monoisotopic (exact) mass is 228 g/mol. The maximum absolute atomic E-state index is 4.31. The number of hydrogen-bond acceptors (Lipinski definition) is 3. The van der Waals surface area contributed by atoms with Crippen LogP contribution in [0.5, 0.6) is 0 Å². The molecule has 88 valence electrons. The Balaban J connectivity index is 1.92. The third-order valence-electron chi connectivity index (χ3n) is 2.59. The minimum absolute atomic E-state index is 0.225. The molecular formula is C13H16N4. The Morgan fingerprint density at radius 3 is 3.06 bits per heavy atom. The maximum Gasteiger partial charge on any atom is 0.0570 e. The van der Waals surface area contributed by atoms with Gasteiger partial charge in [-0.2, -0.15) is 5.10 Å². The number of hydrogen-bond donors (Lipinski definition) is 1. The lowest BCUT2D eigenvalue weighted by Crippen LogP contribution is -2.18. The average molecular weight is 228 g/mol. The molecule has 0 amide bonds. The first kappa shape index (κ1) is 11.5. The summed E-state index contributed by atoms with van der Waals surface area (Å²) in [6.07, 6.45) is 7.26. The summed E-state index contributed by atoms with van der Waals surface area (Å²) in [5, 5.41) is 7.53. The van der Waals surface area contributed by atoms with Crippen molar-refractivity contribution in [3.63, 3.8) is 0 Å². The zero-order valence-corrected chi connectivity index (χ0v) is 9.87. The van der Waals surface area contributed by atoms with Crippen LogP contribution in [-0.4, -0.2) is 14.8 Å². The number of pyridine rings is 1. The summed E-state index contributed by atoms with van der Waals surface area (Å²) in [6, 6.07) is 6.16. The Hall–Kier alpha value is -1.94. The average Bonchev–Trinajstić information content (AvgIpc) is 2.85. The van der Waals surface area contributed by atoms with Gasteiger partial charge in [0.2, 0.25) is 0 Å². The summed E-state index contributed by atoms with van der Waals surface area (Å²) in [7, 11) is 0. The van der Waals surface area contributed by atoms with Crippen LogP contribution in [0.15, 0.2) is 43.4 Å². The molecule has 0 aliphatic heterocycles. The van der Waals surface area contributed by atoms with E-state index >= 15 is 0 Å². The molecule has 4 heteroatoms. The predicted octanol–water partition coefficient (Wildman–Crippen LogP) is 2.23. The zero-order chi connectivity index (χ0) is 12.1. The van der Waals surface area contributed by atoms with E-state index in [1.165, 1.54) is 0 Å². The minimum atomic E-state index is 0.225. The van der Waals surface area contributed by atoms with E-state index < -0.39 is 0 Å². The van der Waals surface area contributed by atoms with Crippen LogP contribution in [0.4, 0.5) is 0 Å². The molecule has 17 heavy (non-hydrogen) atoms. The summed E-state index contributed by atoms with van der Waals surface area (Å²) >= 11 is 0. The fraction of sp³-hybridized carbons (Fsp3) is 0.231. The van der Waals surface area contributed by atoms with Crippen LogP contribution >= 0.6 is 0 Å². The third kappa shape index (κ3) is 3.01. The molecule has 0 bridgehead atoms. The SMILES string of the molecule is C=Cn1cc(CN[C@H](C)c2ccccn2)cn1. The van der Waals surface area contributed by atoms with E-state index in [9.17, 15) is 0 Å². The van der Waals surface area contributed by atoms with Gasteiger partial charge in [-0.25, -0.2) is 4.68 Å². The molecule has 1 N–H and O–H groups in total. The Bertz CT molecular complexity index is 475. The summed E-state index contributed by atoms with van der Waals surface area (Å²) in [5.74, 6) is 0. The molecule has 2 aromatic rings. The lowest BCUT2D eigenvalue weighted by molar-refractivity contribution is 0.561. The highest BCUT2D eigenvalue weighted by Crippen LogP contribution is 2.09. The summed E-state index contributed by atoms with van der Waals surface area (Å²) in [6.45, 7) is 6.52. The molecule has 0 fully saturated rings. The Kier molecular flexibility index (Phi) is 3.67. The van der Waals surface area contributed by atoms with Gasteiger partial charge in [-0.1, -0.05) is 12.6 Å². The molecule has 0 aliphatic rings. The Morgan fingerprint density at radius 1 is 1.53 bits per heavy atom. The molecule has 0 saturated heterocycles. The summed E-state index contributed by atoms with van der Waals surface area (Å²) in [4.78, 5) is 4.31. The Morgan fingerprint density at radius 2 is 2.41 bits per heavy atom. The van der Waals surface area contributed by atoms with E-state index in [0.717, 1.165) is 17.8 Å². The van der Waals surface area contributed by atoms with E-state index in [1.807, 2.05) is 36.8 Å². The highest BCUT2D eigenvalue weighted by molar-refractivity contribution is 5.18. The van der Waals surface area contributed by atoms with Crippen molar-refractivity contribution in [1.82, 2.24) is 20.1 Å². The van der Waals surface area contributed by atoms with Crippen LogP contribution in [0.3, 0.4) is 0 Å². The lowest BCUT2D eigenvalue weighted by atomic mass is 10.2. The lowest BCUT2D eigenvalue weighted by Gasteiger charge is -2.11. The number of rotatable bonds is 5. The summed E-state index contributed by atoms with van der Waals surface area (Å²) in [5.41, 5.74) is 2.18. The second kappa shape index (κ2) is 5.41. The van der Waals surface area contributed by atoms with Crippen LogP contribution in [-0.2, 0) is 6.54 Å². The standard InChI is InChI=1S/C13H16N4/c1-3-17-10-12(9-16-17)8-15-11(2)13-6-4-5-7-14-13/h3-7,9-11,15H,1,8H2,2H3/t11-/m1/s1. The van der Waals surface area contributed by atoms with Gasteiger partial charge in [-0.3, -0.25) is 4.98 Å². The van der Waals surface area contributed by atoms with Gasteiger partial charge in [-0.15, -0.1) is 0 Å². The Labute approximate surface area is 101 Å². The molecule has 0 radical (unpaired) electrons. The molecule has 1 atom stereocenters. The molecule has 0 aromatic carbocycles. The van der Waals surface area contributed by atoms with Gasteiger partial charge in [0.1, 0.15) is 0 Å². The molecule has 2 aromatic heterocycles. The van der Waals surface area contributed by atoms with E-state index in [1.54, 1.807) is 10.9 Å². The van der Waals surface area contributed by atoms with E-state index in [2.05, 4.69) is 28.9 Å². The van der Waals surface area contributed by atoms with Gasteiger partial charge in [0.05, 0.1) is 11.9 Å². The van der Waals surface area contributed by atoms with E-state index in [-0.39, 0.29) is 6.04 Å². The van der Waals surface area contributed by atoms with Crippen molar-refractivity contribution in [2.45, 2.75) is 19.5 Å². The van der Waals surface area contributed by atoms with E-state index in [4.69, 9.17) is 0 Å². The van der Waals surface area contributed by atoms with Crippen LogP contribution in [0.1, 0.15) is 24.2 Å². The predicted molar refractivity (Wildman–Crippen MR) is 68.1 cm³/mol. The van der Waals surface area contributed by atoms with Crippen LogP contribution in [0.2, 0.25) is 0 Å². The molecule has 0 saturated carbocycles. The molecule has 2 heterocycles. The third-order valence-corrected chi connectivity index (χ3v) is 2.59. The van der Waals surface area contributed by atoms with Gasteiger partial charge in [0.15, 0.2) is 0 Å². The fourth-order valence-electron chi connectivity index (χ4n) is 1.58. The van der Waals surface area contributed by atoms with Crippen molar-refractivity contribution in [3.8, 4) is 0 Å². The summed E-state index contributed by atoms with van der Waals surface area (Å²) < 4.78 is 1.70. The minimum Gasteiger partial charge on any atom is -0.305 e.